The molecule has 0 spiro atoms. The predicted octanol–water partition coefficient (Wildman–Crippen LogP) is 3.42. The molecule has 0 saturated heterocycles. The van der Waals surface area contributed by atoms with Crippen molar-refractivity contribution in [1.82, 2.24) is 0 Å². The smallest absolute Gasteiger partial charge is 0.419 e. The van der Waals surface area contributed by atoms with Crippen molar-refractivity contribution in [1.29, 1.82) is 0 Å². The van der Waals surface area contributed by atoms with Gasteiger partial charge in [0.25, 0.3) is 0 Å². The van der Waals surface area contributed by atoms with E-state index in [0.717, 1.165) is 12.5 Å². The maximum atomic E-state index is 12.7. The third-order valence-electron chi connectivity index (χ3n) is 2.59. The summed E-state index contributed by atoms with van der Waals surface area (Å²) in [7, 11) is 1.22. The third-order valence-corrected chi connectivity index (χ3v) is 2.59. The van der Waals surface area contributed by atoms with Gasteiger partial charge in [0, 0.05) is 6.04 Å². The second-order valence-corrected chi connectivity index (χ2v) is 3.90. The van der Waals surface area contributed by atoms with Crippen LogP contribution < -0.4 is 10.5 Å². The zero-order chi connectivity index (χ0) is 13.1. The number of alkyl halides is 3. The molecule has 0 saturated carbocycles. The first-order valence-electron chi connectivity index (χ1n) is 5.38. The Morgan fingerprint density at radius 1 is 1.33 bits per heavy atom. The number of hydrogen-bond acceptors (Lipinski definition) is 2. The summed E-state index contributed by atoms with van der Waals surface area (Å²) in [6.45, 7) is 1.90. The second kappa shape index (κ2) is 6.85. The lowest BCUT2D eigenvalue weighted by Crippen LogP contribution is -2.21. The molecule has 1 unspecified atom stereocenters. The molecular weight excluding hydrogens is 267 g/mol. The number of rotatable bonds is 4. The lowest BCUT2D eigenvalue weighted by atomic mass is 10.0. The molecule has 6 heteroatoms. The van der Waals surface area contributed by atoms with Gasteiger partial charge in [-0.25, -0.2) is 0 Å². The van der Waals surface area contributed by atoms with Gasteiger partial charge in [-0.05, 0) is 30.5 Å². The average molecular weight is 284 g/mol. The SMILES string of the molecule is CCC(N)Cc1ccc(OC)c(C(F)(F)F)c1.Cl. The minimum Gasteiger partial charge on any atom is -0.496 e. The molecule has 0 aliphatic carbocycles. The standard InChI is InChI=1S/C12H16F3NO.ClH/c1-3-9(16)6-8-4-5-11(17-2)10(7-8)12(13,14)15;/h4-5,7,9H,3,6,16H2,1-2H3;1H. The third kappa shape index (κ3) is 4.38. The van der Waals surface area contributed by atoms with Gasteiger partial charge >= 0.3 is 6.18 Å². The van der Waals surface area contributed by atoms with Crippen LogP contribution in [0, 0.1) is 0 Å². The number of benzene rings is 1. The molecule has 0 aliphatic heterocycles. The van der Waals surface area contributed by atoms with Crippen LogP contribution in [0.15, 0.2) is 18.2 Å². The lowest BCUT2D eigenvalue weighted by Gasteiger charge is -2.15. The fraction of sp³-hybridized carbons (Fsp3) is 0.500. The van der Waals surface area contributed by atoms with Crippen LogP contribution >= 0.6 is 12.4 Å². The van der Waals surface area contributed by atoms with Gasteiger partial charge in [-0.2, -0.15) is 13.2 Å². The van der Waals surface area contributed by atoms with E-state index in [2.05, 4.69) is 0 Å². The number of nitrogens with two attached hydrogens (primary N) is 1. The lowest BCUT2D eigenvalue weighted by molar-refractivity contribution is -0.138. The molecule has 1 atom stereocenters. The van der Waals surface area contributed by atoms with Crippen molar-refractivity contribution in [3.63, 3.8) is 0 Å². The number of halogens is 4. The average Bonchev–Trinajstić information content (AvgIpc) is 2.27. The van der Waals surface area contributed by atoms with E-state index in [1.54, 1.807) is 6.07 Å². The zero-order valence-electron chi connectivity index (χ0n) is 10.3. The highest BCUT2D eigenvalue weighted by Crippen LogP contribution is 2.36. The maximum absolute atomic E-state index is 12.7. The normalized spacial score (nSPS) is 12.8. The molecular formula is C12H17ClF3NO. The van der Waals surface area contributed by atoms with Crippen molar-refractivity contribution >= 4 is 12.4 Å². The van der Waals surface area contributed by atoms with E-state index < -0.39 is 11.7 Å². The van der Waals surface area contributed by atoms with Crippen LogP contribution in [0.5, 0.6) is 5.75 Å². The first-order chi connectivity index (χ1) is 7.88. The molecule has 0 bridgehead atoms. The Hall–Kier alpha value is -0.940. The van der Waals surface area contributed by atoms with E-state index >= 15 is 0 Å². The van der Waals surface area contributed by atoms with Gasteiger partial charge in [-0.3, -0.25) is 0 Å². The van der Waals surface area contributed by atoms with Gasteiger partial charge in [-0.1, -0.05) is 13.0 Å². The van der Waals surface area contributed by atoms with Gasteiger partial charge in [0.15, 0.2) is 0 Å². The Morgan fingerprint density at radius 3 is 2.39 bits per heavy atom. The van der Waals surface area contributed by atoms with Crippen LogP contribution in [0.25, 0.3) is 0 Å². The van der Waals surface area contributed by atoms with Gasteiger partial charge in [0.1, 0.15) is 5.75 Å². The molecule has 104 valence electrons. The van der Waals surface area contributed by atoms with Crippen molar-refractivity contribution < 1.29 is 17.9 Å². The molecule has 0 aliphatic rings. The van der Waals surface area contributed by atoms with E-state index in [1.807, 2.05) is 6.92 Å². The highest BCUT2D eigenvalue weighted by atomic mass is 35.5. The highest BCUT2D eigenvalue weighted by Gasteiger charge is 2.34. The van der Waals surface area contributed by atoms with Crippen molar-refractivity contribution in [2.75, 3.05) is 7.11 Å². The quantitative estimate of drug-likeness (QED) is 0.919. The number of ether oxygens (including phenoxy) is 1. The summed E-state index contributed by atoms with van der Waals surface area (Å²) in [4.78, 5) is 0. The first kappa shape index (κ1) is 17.1. The van der Waals surface area contributed by atoms with Crippen LogP contribution in [-0.2, 0) is 12.6 Å². The topological polar surface area (TPSA) is 35.2 Å². The van der Waals surface area contributed by atoms with Crippen LogP contribution in [0.3, 0.4) is 0 Å². The zero-order valence-corrected chi connectivity index (χ0v) is 11.1. The molecule has 2 nitrogen and oxygen atoms in total. The first-order valence-corrected chi connectivity index (χ1v) is 5.38. The predicted molar refractivity (Wildman–Crippen MR) is 67.2 cm³/mol. The molecule has 0 heterocycles. The monoisotopic (exact) mass is 283 g/mol. The van der Waals surface area contributed by atoms with Crippen molar-refractivity contribution in [2.45, 2.75) is 32.0 Å². The summed E-state index contributed by atoms with van der Waals surface area (Å²) in [5.41, 5.74) is 5.55. The molecule has 1 aromatic carbocycles. The van der Waals surface area contributed by atoms with Gasteiger partial charge in [-0.15, -0.1) is 12.4 Å². The van der Waals surface area contributed by atoms with E-state index in [9.17, 15) is 13.2 Å². The molecule has 0 radical (unpaired) electrons. The Morgan fingerprint density at radius 2 is 1.94 bits per heavy atom. The van der Waals surface area contributed by atoms with E-state index in [4.69, 9.17) is 10.5 Å². The molecule has 0 amide bonds. The van der Waals surface area contributed by atoms with Gasteiger partial charge in [0.05, 0.1) is 12.7 Å². The Balaban J connectivity index is 0.00000289. The summed E-state index contributed by atoms with van der Waals surface area (Å²) in [5, 5.41) is 0. The van der Waals surface area contributed by atoms with Crippen molar-refractivity contribution in [3.05, 3.63) is 29.3 Å². The summed E-state index contributed by atoms with van der Waals surface area (Å²) in [6, 6.07) is 3.93. The van der Waals surface area contributed by atoms with E-state index in [-0.39, 0.29) is 24.2 Å². The Bertz CT molecular complexity index is 382. The van der Waals surface area contributed by atoms with Gasteiger partial charge in [0.2, 0.25) is 0 Å². The Kier molecular flexibility index (Phi) is 6.49. The summed E-state index contributed by atoms with van der Waals surface area (Å²) >= 11 is 0. The minimum absolute atomic E-state index is 0. The van der Waals surface area contributed by atoms with Crippen molar-refractivity contribution in [3.8, 4) is 5.75 Å². The molecule has 0 fully saturated rings. The summed E-state index contributed by atoms with van der Waals surface area (Å²) in [5.74, 6) is -0.161. The van der Waals surface area contributed by atoms with Crippen LogP contribution in [0.2, 0.25) is 0 Å². The van der Waals surface area contributed by atoms with Crippen molar-refractivity contribution in [2.24, 2.45) is 5.73 Å². The molecule has 1 rings (SSSR count). The maximum Gasteiger partial charge on any atom is 0.419 e. The molecule has 18 heavy (non-hydrogen) atoms. The number of methoxy groups -OCH3 is 1. The van der Waals surface area contributed by atoms with Crippen LogP contribution in [0.1, 0.15) is 24.5 Å². The fourth-order valence-electron chi connectivity index (χ4n) is 1.55. The highest BCUT2D eigenvalue weighted by molar-refractivity contribution is 5.85. The molecule has 1 aromatic rings. The Labute approximate surface area is 111 Å². The van der Waals surface area contributed by atoms with Crippen LogP contribution in [-0.4, -0.2) is 13.2 Å². The second-order valence-electron chi connectivity index (χ2n) is 3.90. The summed E-state index contributed by atoms with van der Waals surface area (Å²) < 4.78 is 42.9. The van der Waals surface area contributed by atoms with Gasteiger partial charge < -0.3 is 10.5 Å². The number of hydrogen-bond donors (Lipinski definition) is 1. The van der Waals surface area contributed by atoms with E-state index in [0.29, 0.717) is 12.0 Å². The van der Waals surface area contributed by atoms with E-state index in [1.165, 1.54) is 13.2 Å². The molecule has 2 N–H and O–H groups in total. The fourth-order valence-corrected chi connectivity index (χ4v) is 1.55. The summed E-state index contributed by atoms with van der Waals surface area (Å²) in [6.07, 6.45) is -3.24. The molecule has 0 aromatic heterocycles. The minimum atomic E-state index is -4.41. The largest absolute Gasteiger partial charge is 0.496 e. The van der Waals surface area contributed by atoms with Crippen LogP contribution in [0.4, 0.5) is 13.2 Å².